The Bertz CT molecular complexity index is 925. The maximum atomic E-state index is 12.7. The van der Waals surface area contributed by atoms with Crippen LogP contribution in [0.25, 0.3) is 0 Å². The van der Waals surface area contributed by atoms with Crippen molar-refractivity contribution in [1.29, 1.82) is 0 Å². The lowest BCUT2D eigenvalue weighted by Crippen LogP contribution is -2.37. The number of rotatable bonds is 4. The second-order valence-corrected chi connectivity index (χ2v) is 7.68. The molecule has 2 fully saturated rings. The molecule has 2 amide bonds. The van der Waals surface area contributed by atoms with E-state index in [1.807, 2.05) is 4.90 Å². The number of hydrogen-bond acceptors (Lipinski definition) is 5. The number of likely N-dealkylation sites (tertiary alicyclic amines) is 1. The molecule has 5 rings (SSSR count). The van der Waals surface area contributed by atoms with E-state index >= 15 is 0 Å². The molecule has 0 radical (unpaired) electrons. The number of aromatic nitrogens is 2. The lowest BCUT2D eigenvalue weighted by molar-refractivity contribution is -0.132. The van der Waals surface area contributed by atoms with E-state index in [1.54, 1.807) is 35.3 Å². The van der Waals surface area contributed by atoms with Gasteiger partial charge in [0.05, 0.1) is 11.9 Å². The van der Waals surface area contributed by atoms with Gasteiger partial charge in [0.15, 0.2) is 11.5 Å². The molecule has 1 saturated heterocycles. The average Bonchev–Trinajstić information content (AvgIpc) is 3.40. The summed E-state index contributed by atoms with van der Waals surface area (Å²) in [5, 5.41) is 7.03. The Morgan fingerprint density at radius 3 is 3.00 bits per heavy atom. The van der Waals surface area contributed by atoms with Crippen molar-refractivity contribution in [3.63, 3.8) is 0 Å². The zero-order valence-corrected chi connectivity index (χ0v) is 15.5. The summed E-state index contributed by atoms with van der Waals surface area (Å²) in [4.78, 5) is 27.1. The highest BCUT2D eigenvalue weighted by atomic mass is 16.7. The van der Waals surface area contributed by atoms with Gasteiger partial charge in [-0.15, -0.1) is 0 Å². The van der Waals surface area contributed by atoms with Gasteiger partial charge in [0, 0.05) is 24.3 Å². The summed E-state index contributed by atoms with van der Waals surface area (Å²) in [6, 6.07) is 5.44. The van der Waals surface area contributed by atoms with Crippen LogP contribution in [0.1, 0.15) is 36.0 Å². The van der Waals surface area contributed by atoms with Crippen molar-refractivity contribution in [3.05, 3.63) is 36.2 Å². The van der Waals surface area contributed by atoms with Crippen LogP contribution in [0.5, 0.6) is 11.5 Å². The van der Waals surface area contributed by atoms with Crippen LogP contribution in [-0.2, 0) is 11.3 Å². The van der Waals surface area contributed by atoms with Gasteiger partial charge in [-0.25, -0.2) is 0 Å². The first-order valence-corrected chi connectivity index (χ1v) is 9.68. The van der Waals surface area contributed by atoms with Crippen molar-refractivity contribution in [1.82, 2.24) is 14.7 Å². The Balaban J connectivity index is 1.21. The van der Waals surface area contributed by atoms with Crippen LogP contribution in [0.3, 0.4) is 0 Å². The summed E-state index contributed by atoms with van der Waals surface area (Å²) in [7, 11) is 0. The number of carbonyl (C=O) groups excluding carboxylic acids is 2. The van der Waals surface area contributed by atoms with E-state index in [9.17, 15) is 9.59 Å². The van der Waals surface area contributed by atoms with Gasteiger partial charge in [-0.3, -0.25) is 14.3 Å². The highest BCUT2D eigenvalue weighted by Crippen LogP contribution is 2.35. The molecule has 2 bridgehead atoms. The minimum absolute atomic E-state index is 0.103. The van der Waals surface area contributed by atoms with Gasteiger partial charge in [0.25, 0.3) is 5.91 Å². The molecular weight excluding hydrogens is 360 g/mol. The molecule has 1 saturated carbocycles. The standard InChI is InChI=1S/C20H22N4O4/c25-19(24-9-13-2-1-3-16(24)6-13)11-23-10-15(8-21-23)22-20(26)14-4-5-17-18(7-14)28-12-27-17/h4-5,7-8,10,13,16H,1-3,6,9,11-12H2,(H,22,26)/t13-,16+/m0/s1. The van der Waals surface area contributed by atoms with Crippen molar-refractivity contribution in [3.8, 4) is 11.5 Å². The monoisotopic (exact) mass is 382 g/mol. The SMILES string of the molecule is O=C(Nc1cnn(CC(=O)N2C[C@H]3CCC[C@@H]2C3)c1)c1ccc2c(c1)OCO2. The number of nitrogens with zero attached hydrogens (tertiary/aromatic N) is 3. The zero-order valence-electron chi connectivity index (χ0n) is 15.5. The number of carbonyl (C=O) groups is 2. The Morgan fingerprint density at radius 2 is 2.11 bits per heavy atom. The van der Waals surface area contributed by atoms with Gasteiger partial charge in [0.1, 0.15) is 6.54 Å². The van der Waals surface area contributed by atoms with Gasteiger partial charge in [0.2, 0.25) is 12.7 Å². The number of hydrogen-bond donors (Lipinski definition) is 1. The summed E-state index contributed by atoms with van der Waals surface area (Å²) in [5.74, 6) is 1.69. The van der Waals surface area contributed by atoms with Crippen molar-refractivity contribution in [2.75, 3.05) is 18.7 Å². The highest BCUT2D eigenvalue weighted by molar-refractivity contribution is 6.04. The van der Waals surface area contributed by atoms with Gasteiger partial charge >= 0.3 is 0 Å². The van der Waals surface area contributed by atoms with E-state index in [0.29, 0.717) is 34.7 Å². The number of benzene rings is 1. The number of fused-ring (bicyclic) bond motifs is 3. The molecule has 2 aliphatic heterocycles. The van der Waals surface area contributed by atoms with Gasteiger partial charge in [-0.2, -0.15) is 5.10 Å². The van der Waals surface area contributed by atoms with Crippen LogP contribution in [0.4, 0.5) is 5.69 Å². The fourth-order valence-corrected chi connectivity index (χ4v) is 4.43. The number of amides is 2. The highest BCUT2D eigenvalue weighted by Gasteiger charge is 2.37. The molecule has 1 aromatic carbocycles. The molecule has 8 nitrogen and oxygen atoms in total. The van der Waals surface area contributed by atoms with E-state index in [1.165, 1.54) is 12.8 Å². The Labute approximate surface area is 162 Å². The molecule has 2 aromatic rings. The maximum Gasteiger partial charge on any atom is 0.255 e. The number of anilines is 1. The van der Waals surface area contributed by atoms with Gasteiger partial charge in [-0.1, -0.05) is 6.42 Å². The second kappa shape index (κ2) is 6.85. The van der Waals surface area contributed by atoms with Crippen LogP contribution < -0.4 is 14.8 Å². The third-order valence-electron chi connectivity index (χ3n) is 5.79. The van der Waals surface area contributed by atoms with E-state index in [4.69, 9.17) is 9.47 Å². The Morgan fingerprint density at radius 1 is 1.21 bits per heavy atom. The van der Waals surface area contributed by atoms with Crippen LogP contribution in [0, 0.1) is 5.92 Å². The molecule has 3 aliphatic rings. The predicted octanol–water partition coefficient (Wildman–Crippen LogP) is 2.27. The summed E-state index contributed by atoms with van der Waals surface area (Å²) in [6.45, 7) is 1.24. The summed E-state index contributed by atoms with van der Waals surface area (Å²) in [5.41, 5.74) is 1.02. The van der Waals surface area contributed by atoms with Crippen LogP contribution >= 0.6 is 0 Å². The second-order valence-electron chi connectivity index (χ2n) is 7.68. The molecule has 1 aromatic heterocycles. The molecule has 0 spiro atoms. The summed E-state index contributed by atoms with van der Waals surface area (Å²) >= 11 is 0. The molecule has 8 heteroatoms. The largest absolute Gasteiger partial charge is 0.454 e. The fourth-order valence-electron chi connectivity index (χ4n) is 4.43. The predicted molar refractivity (Wildman–Crippen MR) is 100 cm³/mol. The maximum absolute atomic E-state index is 12.7. The lowest BCUT2D eigenvalue weighted by atomic mass is 9.90. The lowest BCUT2D eigenvalue weighted by Gasteiger charge is -2.24. The first-order valence-electron chi connectivity index (χ1n) is 9.68. The van der Waals surface area contributed by atoms with Crippen molar-refractivity contribution < 1.29 is 19.1 Å². The Kier molecular flexibility index (Phi) is 4.18. The third kappa shape index (κ3) is 3.19. The van der Waals surface area contributed by atoms with Crippen molar-refractivity contribution in [2.24, 2.45) is 5.92 Å². The van der Waals surface area contributed by atoms with Crippen LogP contribution in [-0.4, -0.2) is 45.9 Å². The summed E-state index contributed by atoms with van der Waals surface area (Å²) in [6.07, 6.45) is 7.94. The first-order chi connectivity index (χ1) is 13.7. The van der Waals surface area contributed by atoms with E-state index in [2.05, 4.69) is 10.4 Å². The number of nitrogens with one attached hydrogen (secondary N) is 1. The number of ether oxygens (including phenoxy) is 2. The minimum Gasteiger partial charge on any atom is -0.454 e. The van der Waals surface area contributed by atoms with Crippen molar-refractivity contribution in [2.45, 2.75) is 38.3 Å². The molecule has 146 valence electrons. The molecule has 3 heterocycles. The minimum atomic E-state index is -0.266. The third-order valence-corrected chi connectivity index (χ3v) is 5.79. The average molecular weight is 382 g/mol. The van der Waals surface area contributed by atoms with E-state index in [-0.39, 0.29) is 25.2 Å². The molecule has 1 aliphatic carbocycles. The molecule has 1 N–H and O–H groups in total. The van der Waals surface area contributed by atoms with Crippen LogP contribution in [0.15, 0.2) is 30.6 Å². The quantitative estimate of drug-likeness (QED) is 0.877. The van der Waals surface area contributed by atoms with E-state index in [0.717, 1.165) is 19.4 Å². The van der Waals surface area contributed by atoms with Gasteiger partial charge in [-0.05, 0) is 43.4 Å². The zero-order chi connectivity index (χ0) is 19.1. The van der Waals surface area contributed by atoms with Crippen molar-refractivity contribution >= 4 is 17.5 Å². The summed E-state index contributed by atoms with van der Waals surface area (Å²) < 4.78 is 12.1. The topological polar surface area (TPSA) is 85.7 Å². The first kappa shape index (κ1) is 17.1. The smallest absolute Gasteiger partial charge is 0.255 e. The normalized spacial score (nSPS) is 22.4. The molecule has 0 unspecified atom stereocenters. The fraction of sp³-hybridized carbons (Fsp3) is 0.450. The molecule has 2 atom stereocenters. The Hall–Kier alpha value is -3.03. The molecule has 28 heavy (non-hydrogen) atoms. The van der Waals surface area contributed by atoms with Crippen LogP contribution in [0.2, 0.25) is 0 Å². The van der Waals surface area contributed by atoms with Gasteiger partial charge < -0.3 is 19.7 Å². The van der Waals surface area contributed by atoms with E-state index < -0.39 is 0 Å². The molecular formula is C20H22N4O4.